The van der Waals surface area contributed by atoms with Crippen LogP contribution in [0.15, 0.2) is 22.7 Å². The summed E-state index contributed by atoms with van der Waals surface area (Å²) in [5.41, 5.74) is 1.18. The van der Waals surface area contributed by atoms with E-state index in [2.05, 4.69) is 41.9 Å². The number of nitrogens with zero attached hydrogens (tertiary/aromatic N) is 3. The number of ether oxygens (including phenoxy) is 2. The molecule has 7 heteroatoms. The van der Waals surface area contributed by atoms with Gasteiger partial charge in [0.15, 0.2) is 17.3 Å². The molecule has 1 aromatic carbocycles. The van der Waals surface area contributed by atoms with Gasteiger partial charge in [0.2, 0.25) is 12.7 Å². The molecule has 1 atom stereocenters. The second-order valence-corrected chi connectivity index (χ2v) is 7.25. The van der Waals surface area contributed by atoms with Gasteiger partial charge in [-0.1, -0.05) is 25.1 Å². The van der Waals surface area contributed by atoms with Gasteiger partial charge in [-0.2, -0.15) is 16.7 Å². The minimum Gasteiger partial charge on any atom is -0.454 e. The molecule has 0 saturated heterocycles. The average Bonchev–Trinajstić information content (AvgIpc) is 3.23. The molecular formula is C17H23N3O3S. The van der Waals surface area contributed by atoms with Crippen molar-refractivity contribution in [3.63, 3.8) is 0 Å². The van der Waals surface area contributed by atoms with Crippen LogP contribution in [0.3, 0.4) is 0 Å². The van der Waals surface area contributed by atoms with Crippen LogP contribution in [-0.4, -0.2) is 34.1 Å². The summed E-state index contributed by atoms with van der Waals surface area (Å²) in [7, 11) is 0. The Balaban J connectivity index is 1.62. The molecule has 6 nitrogen and oxygen atoms in total. The first-order valence-electron chi connectivity index (χ1n) is 8.24. The third-order valence-corrected chi connectivity index (χ3v) is 4.96. The van der Waals surface area contributed by atoms with E-state index in [4.69, 9.17) is 14.0 Å². The maximum absolute atomic E-state index is 5.44. The van der Waals surface area contributed by atoms with E-state index in [0.717, 1.165) is 36.2 Å². The fourth-order valence-electron chi connectivity index (χ4n) is 2.59. The van der Waals surface area contributed by atoms with Crippen LogP contribution in [0.2, 0.25) is 0 Å². The zero-order valence-electron chi connectivity index (χ0n) is 14.3. The average molecular weight is 349 g/mol. The number of aromatic nitrogens is 2. The first kappa shape index (κ1) is 17.1. The minimum absolute atomic E-state index is 0.261. The lowest BCUT2D eigenvalue weighted by Gasteiger charge is -2.18. The molecular weight excluding hydrogens is 326 g/mol. The standard InChI is InChI=1S/C17H23N3O3S/c1-4-20(9-13-6-7-14-15(8-13)22-11-21-14)10-16-18-17(19-23-16)12(3)24-5-2/h6-8,12H,4-5,9-11H2,1-3H3. The number of hydrogen-bond acceptors (Lipinski definition) is 7. The van der Waals surface area contributed by atoms with Gasteiger partial charge in [0.1, 0.15) is 0 Å². The molecule has 0 amide bonds. The van der Waals surface area contributed by atoms with E-state index in [0.29, 0.717) is 19.2 Å². The summed E-state index contributed by atoms with van der Waals surface area (Å²) in [6.45, 7) is 8.99. The van der Waals surface area contributed by atoms with E-state index in [1.54, 1.807) is 0 Å². The van der Waals surface area contributed by atoms with Crippen LogP contribution in [0.1, 0.15) is 43.3 Å². The normalized spacial score (nSPS) is 14.3. The van der Waals surface area contributed by atoms with Gasteiger partial charge in [-0.05, 0) is 36.9 Å². The van der Waals surface area contributed by atoms with Crippen LogP contribution in [0.25, 0.3) is 0 Å². The molecule has 0 spiro atoms. The van der Waals surface area contributed by atoms with Gasteiger partial charge in [-0.3, -0.25) is 4.90 Å². The highest BCUT2D eigenvalue weighted by atomic mass is 32.2. The molecule has 0 aliphatic carbocycles. The largest absolute Gasteiger partial charge is 0.454 e. The SMILES string of the molecule is CCSC(C)c1noc(CN(CC)Cc2ccc3c(c2)OCO3)n1. The van der Waals surface area contributed by atoms with Gasteiger partial charge in [0, 0.05) is 6.54 Å². The highest BCUT2D eigenvalue weighted by Gasteiger charge is 2.17. The first-order valence-corrected chi connectivity index (χ1v) is 9.29. The molecule has 1 aromatic heterocycles. The van der Waals surface area contributed by atoms with Gasteiger partial charge < -0.3 is 14.0 Å². The predicted molar refractivity (Wildman–Crippen MR) is 93.2 cm³/mol. The Morgan fingerprint density at radius 3 is 2.83 bits per heavy atom. The molecule has 0 saturated carbocycles. The third-order valence-electron chi connectivity index (χ3n) is 3.91. The van der Waals surface area contributed by atoms with Gasteiger partial charge >= 0.3 is 0 Å². The zero-order valence-corrected chi connectivity index (χ0v) is 15.1. The number of rotatable bonds is 8. The Morgan fingerprint density at radius 1 is 1.21 bits per heavy atom. The minimum atomic E-state index is 0.261. The molecule has 0 N–H and O–H groups in total. The molecule has 24 heavy (non-hydrogen) atoms. The zero-order chi connectivity index (χ0) is 16.9. The van der Waals surface area contributed by atoms with E-state index >= 15 is 0 Å². The molecule has 1 aliphatic rings. The maximum Gasteiger partial charge on any atom is 0.240 e. The summed E-state index contributed by atoms with van der Waals surface area (Å²) in [6.07, 6.45) is 0. The van der Waals surface area contributed by atoms with Crippen LogP contribution >= 0.6 is 11.8 Å². The van der Waals surface area contributed by atoms with Crippen molar-refractivity contribution in [2.45, 2.75) is 39.1 Å². The van der Waals surface area contributed by atoms with Crippen LogP contribution in [0.4, 0.5) is 0 Å². The van der Waals surface area contributed by atoms with E-state index < -0.39 is 0 Å². The second kappa shape index (κ2) is 7.90. The van der Waals surface area contributed by atoms with E-state index in [-0.39, 0.29) is 5.25 Å². The van der Waals surface area contributed by atoms with E-state index in [1.165, 1.54) is 5.56 Å². The van der Waals surface area contributed by atoms with Crippen LogP contribution in [0.5, 0.6) is 11.5 Å². The molecule has 1 unspecified atom stereocenters. The summed E-state index contributed by atoms with van der Waals surface area (Å²) in [5.74, 6) is 4.10. The fourth-order valence-corrected chi connectivity index (χ4v) is 3.34. The van der Waals surface area contributed by atoms with Gasteiger partial charge in [0.05, 0.1) is 11.8 Å². The Morgan fingerprint density at radius 2 is 2.04 bits per heavy atom. The molecule has 0 fully saturated rings. The van der Waals surface area contributed by atoms with Crippen molar-refractivity contribution in [2.75, 3.05) is 19.1 Å². The van der Waals surface area contributed by atoms with Crippen molar-refractivity contribution < 1.29 is 14.0 Å². The molecule has 2 aromatic rings. The molecule has 0 radical (unpaired) electrons. The van der Waals surface area contributed by atoms with Crippen molar-refractivity contribution >= 4 is 11.8 Å². The van der Waals surface area contributed by atoms with Crippen molar-refractivity contribution in [1.82, 2.24) is 15.0 Å². The summed E-state index contributed by atoms with van der Waals surface area (Å²) in [6, 6.07) is 6.06. The quantitative estimate of drug-likeness (QED) is 0.721. The molecule has 3 rings (SSSR count). The lowest BCUT2D eigenvalue weighted by Crippen LogP contribution is -2.22. The Bertz CT molecular complexity index is 677. The number of fused-ring (bicyclic) bond motifs is 1. The Labute approximate surface area is 146 Å². The van der Waals surface area contributed by atoms with Crippen LogP contribution in [-0.2, 0) is 13.1 Å². The topological polar surface area (TPSA) is 60.6 Å². The van der Waals surface area contributed by atoms with Crippen LogP contribution < -0.4 is 9.47 Å². The van der Waals surface area contributed by atoms with Crippen molar-refractivity contribution in [2.24, 2.45) is 0 Å². The number of hydrogen-bond donors (Lipinski definition) is 0. The summed E-state index contributed by atoms with van der Waals surface area (Å²) in [5, 5.41) is 4.37. The molecule has 130 valence electrons. The monoisotopic (exact) mass is 349 g/mol. The van der Waals surface area contributed by atoms with E-state index in [1.807, 2.05) is 23.9 Å². The summed E-state index contributed by atoms with van der Waals surface area (Å²) >= 11 is 1.81. The number of thioether (sulfide) groups is 1. The summed E-state index contributed by atoms with van der Waals surface area (Å²) < 4.78 is 16.2. The van der Waals surface area contributed by atoms with Gasteiger partial charge in [-0.15, -0.1) is 0 Å². The lowest BCUT2D eigenvalue weighted by molar-refractivity contribution is 0.174. The lowest BCUT2D eigenvalue weighted by atomic mass is 10.2. The maximum atomic E-state index is 5.44. The Hall–Kier alpha value is -1.73. The van der Waals surface area contributed by atoms with Gasteiger partial charge in [-0.25, -0.2) is 0 Å². The van der Waals surface area contributed by atoms with Crippen LogP contribution in [0, 0.1) is 0 Å². The van der Waals surface area contributed by atoms with Crippen molar-refractivity contribution in [3.8, 4) is 11.5 Å². The highest BCUT2D eigenvalue weighted by Crippen LogP contribution is 2.33. The second-order valence-electron chi connectivity index (χ2n) is 5.63. The van der Waals surface area contributed by atoms with Gasteiger partial charge in [0.25, 0.3) is 0 Å². The van der Waals surface area contributed by atoms with Crippen molar-refractivity contribution in [3.05, 3.63) is 35.5 Å². The summed E-state index contributed by atoms with van der Waals surface area (Å²) in [4.78, 5) is 6.79. The van der Waals surface area contributed by atoms with Crippen molar-refractivity contribution in [1.29, 1.82) is 0 Å². The molecule has 2 heterocycles. The molecule has 0 bridgehead atoms. The smallest absolute Gasteiger partial charge is 0.240 e. The van der Waals surface area contributed by atoms with E-state index in [9.17, 15) is 0 Å². The Kier molecular flexibility index (Phi) is 5.63. The first-order chi connectivity index (χ1) is 11.7. The third kappa shape index (κ3) is 4.02. The highest BCUT2D eigenvalue weighted by molar-refractivity contribution is 7.99. The predicted octanol–water partition coefficient (Wildman–Crippen LogP) is 3.63. The molecule has 1 aliphatic heterocycles. The number of benzene rings is 1. The fraction of sp³-hybridized carbons (Fsp3) is 0.529.